The van der Waals surface area contributed by atoms with Gasteiger partial charge in [0.2, 0.25) is 0 Å². The lowest BCUT2D eigenvalue weighted by atomic mass is 10.2. The number of ether oxygens (including phenoxy) is 1. The van der Waals surface area contributed by atoms with Crippen LogP contribution in [0, 0.1) is 6.92 Å². The van der Waals surface area contributed by atoms with Gasteiger partial charge in [0.1, 0.15) is 23.9 Å². The van der Waals surface area contributed by atoms with E-state index < -0.39 is 5.91 Å². The lowest BCUT2D eigenvalue weighted by molar-refractivity contribution is 0.101. The monoisotopic (exact) mass is 377 g/mol. The molecule has 0 radical (unpaired) electrons. The molecule has 8 heteroatoms. The Bertz CT molecular complexity index is 877. The molecule has 1 N–H and O–H groups in total. The molecule has 0 spiro atoms. The van der Waals surface area contributed by atoms with E-state index in [0.29, 0.717) is 32.9 Å². The number of hydrogen-bond acceptors (Lipinski definition) is 5. The van der Waals surface area contributed by atoms with Crippen molar-refractivity contribution in [1.82, 2.24) is 10.1 Å². The molecule has 3 aromatic rings. The number of halogens is 2. The van der Waals surface area contributed by atoms with Gasteiger partial charge in [0.05, 0.1) is 10.6 Å². The number of carbonyl (C=O) groups excluding carboxylic acids is 1. The van der Waals surface area contributed by atoms with E-state index in [4.69, 9.17) is 32.5 Å². The maximum absolute atomic E-state index is 12.4. The van der Waals surface area contributed by atoms with Crippen molar-refractivity contribution in [2.75, 3.05) is 5.32 Å². The van der Waals surface area contributed by atoms with Crippen molar-refractivity contribution in [3.05, 3.63) is 69.7 Å². The number of nitrogens with zero attached hydrogens (tertiary/aromatic N) is 2. The van der Waals surface area contributed by atoms with Crippen LogP contribution in [0.15, 0.2) is 47.1 Å². The smallest absolute Gasteiger partial charge is 0.279 e. The lowest BCUT2D eigenvalue weighted by Crippen LogP contribution is -2.16. The molecule has 0 bridgehead atoms. The quantitative estimate of drug-likeness (QED) is 0.707. The van der Waals surface area contributed by atoms with E-state index in [1.807, 2.05) is 0 Å². The summed E-state index contributed by atoms with van der Waals surface area (Å²) in [6.07, 6.45) is 1.44. The maximum Gasteiger partial charge on any atom is 0.279 e. The van der Waals surface area contributed by atoms with Crippen molar-refractivity contribution in [3.8, 4) is 5.75 Å². The summed E-state index contributed by atoms with van der Waals surface area (Å²) < 4.78 is 10.8. The Morgan fingerprint density at radius 1 is 1.16 bits per heavy atom. The second kappa shape index (κ2) is 7.55. The maximum atomic E-state index is 12.4. The van der Waals surface area contributed by atoms with Crippen molar-refractivity contribution in [3.63, 3.8) is 0 Å². The van der Waals surface area contributed by atoms with Gasteiger partial charge < -0.3 is 14.6 Å². The number of pyridine rings is 1. The van der Waals surface area contributed by atoms with Gasteiger partial charge in [0.25, 0.3) is 5.91 Å². The normalized spacial score (nSPS) is 10.5. The molecule has 0 unspecified atom stereocenters. The Kier molecular flexibility index (Phi) is 5.21. The number of aromatic nitrogens is 2. The number of rotatable bonds is 5. The van der Waals surface area contributed by atoms with Crippen molar-refractivity contribution in [2.45, 2.75) is 13.5 Å². The van der Waals surface area contributed by atoms with Gasteiger partial charge in [-0.3, -0.25) is 4.79 Å². The van der Waals surface area contributed by atoms with Gasteiger partial charge >= 0.3 is 0 Å². The van der Waals surface area contributed by atoms with E-state index in [-0.39, 0.29) is 12.3 Å². The van der Waals surface area contributed by atoms with Crippen LogP contribution in [0.2, 0.25) is 10.0 Å². The van der Waals surface area contributed by atoms with E-state index in [1.54, 1.807) is 43.3 Å². The molecule has 2 aromatic heterocycles. The average Bonchev–Trinajstić information content (AvgIpc) is 2.97. The molecule has 2 heterocycles. The van der Waals surface area contributed by atoms with Gasteiger partial charge in [-0.1, -0.05) is 28.4 Å². The molecule has 25 heavy (non-hydrogen) atoms. The van der Waals surface area contributed by atoms with E-state index in [2.05, 4.69) is 15.5 Å². The summed E-state index contributed by atoms with van der Waals surface area (Å²) in [5.74, 6) is 1.04. The summed E-state index contributed by atoms with van der Waals surface area (Å²) in [6, 6.07) is 10.1. The Morgan fingerprint density at radius 3 is 2.56 bits per heavy atom. The van der Waals surface area contributed by atoms with Crippen LogP contribution in [0.5, 0.6) is 5.75 Å². The first-order valence-corrected chi connectivity index (χ1v) is 8.05. The van der Waals surface area contributed by atoms with Crippen LogP contribution in [-0.2, 0) is 6.61 Å². The van der Waals surface area contributed by atoms with Crippen LogP contribution in [0.1, 0.15) is 21.8 Å². The Hall–Kier alpha value is -2.57. The predicted octanol–water partition coefficient (Wildman–Crippen LogP) is 4.52. The molecule has 0 saturated heterocycles. The Balaban J connectivity index is 1.72. The second-order valence-corrected chi connectivity index (χ2v) is 6.00. The molecule has 0 aliphatic carbocycles. The highest BCUT2D eigenvalue weighted by molar-refractivity contribution is 6.30. The molecular weight excluding hydrogens is 365 g/mol. The molecule has 0 aliphatic heterocycles. The molecular formula is C17H13Cl2N3O3. The largest absolute Gasteiger partial charge is 0.489 e. The molecule has 1 amide bonds. The topological polar surface area (TPSA) is 77.3 Å². The van der Waals surface area contributed by atoms with Gasteiger partial charge in [-0.15, -0.1) is 0 Å². The molecule has 3 rings (SSSR count). The summed E-state index contributed by atoms with van der Waals surface area (Å²) in [5, 5.41) is 7.55. The minimum absolute atomic E-state index is 0.133. The zero-order chi connectivity index (χ0) is 17.8. The zero-order valence-electron chi connectivity index (χ0n) is 13.1. The first-order valence-electron chi connectivity index (χ1n) is 7.29. The molecule has 0 atom stereocenters. The van der Waals surface area contributed by atoms with Gasteiger partial charge in [0.15, 0.2) is 5.69 Å². The standard InChI is InChI=1S/C17H13Cl2N3O3/c1-10-14(9-24-13-5-2-11(18)3-6-13)16(22-25-10)17(23)21-15-7-4-12(19)8-20-15/h2-8H,9H2,1H3,(H,20,21,23). The highest BCUT2D eigenvalue weighted by Crippen LogP contribution is 2.20. The minimum Gasteiger partial charge on any atom is -0.489 e. The summed E-state index contributed by atoms with van der Waals surface area (Å²) in [7, 11) is 0. The van der Waals surface area contributed by atoms with Crippen molar-refractivity contribution < 1.29 is 14.1 Å². The Morgan fingerprint density at radius 2 is 1.88 bits per heavy atom. The highest BCUT2D eigenvalue weighted by Gasteiger charge is 2.21. The number of nitrogens with one attached hydrogen (secondary N) is 1. The fourth-order valence-electron chi connectivity index (χ4n) is 2.05. The van der Waals surface area contributed by atoms with Crippen LogP contribution < -0.4 is 10.1 Å². The van der Waals surface area contributed by atoms with Gasteiger partial charge in [-0.05, 0) is 43.3 Å². The third-order valence-electron chi connectivity index (χ3n) is 3.37. The first-order chi connectivity index (χ1) is 12.0. The summed E-state index contributed by atoms with van der Waals surface area (Å²) >= 11 is 11.6. The molecule has 128 valence electrons. The van der Waals surface area contributed by atoms with Crippen LogP contribution >= 0.6 is 23.2 Å². The van der Waals surface area contributed by atoms with E-state index in [1.165, 1.54) is 6.20 Å². The summed E-state index contributed by atoms with van der Waals surface area (Å²) in [5.41, 5.74) is 0.699. The number of benzene rings is 1. The molecule has 0 saturated carbocycles. The van der Waals surface area contributed by atoms with Crippen LogP contribution in [0.4, 0.5) is 5.82 Å². The summed E-state index contributed by atoms with van der Waals surface area (Å²) in [6.45, 7) is 1.85. The van der Waals surface area contributed by atoms with Gasteiger partial charge in [0, 0.05) is 11.2 Å². The van der Waals surface area contributed by atoms with Crippen molar-refractivity contribution in [1.29, 1.82) is 0 Å². The van der Waals surface area contributed by atoms with Gasteiger partial charge in [-0.25, -0.2) is 4.98 Å². The molecule has 0 fully saturated rings. The molecule has 1 aromatic carbocycles. The second-order valence-electron chi connectivity index (χ2n) is 5.12. The minimum atomic E-state index is -0.443. The number of aryl methyl sites for hydroxylation is 1. The van der Waals surface area contributed by atoms with E-state index in [0.717, 1.165) is 0 Å². The third kappa shape index (κ3) is 4.29. The van der Waals surface area contributed by atoms with Crippen LogP contribution in [0.25, 0.3) is 0 Å². The van der Waals surface area contributed by atoms with E-state index >= 15 is 0 Å². The Labute approximate surface area is 153 Å². The van der Waals surface area contributed by atoms with Crippen molar-refractivity contribution >= 4 is 34.9 Å². The lowest BCUT2D eigenvalue weighted by Gasteiger charge is -2.07. The third-order valence-corrected chi connectivity index (χ3v) is 3.84. The molecule has 6 nitrogen and oxygen atoms in total. The number of anilines is 1. The zero-order valence-corrected chi connectivity index (χ0v) is 14.6. The molecule has 0 aliphatic rings. The van der Waals surface area contributed by atoms with Gasteiger partial charge in [-0.2, -0.15) is 0 Å². The highest BCUT2D eigenvalue weighted by atomic mass is 35.5. The van der Waals surface area contributed by atoms with E-state index in [9.17, 15) is 4.79 Å². The van der Waals surface area contributed by atoms with Crippen LogP contribution in [0.3, 0.4) is 0 Å². The average molecular weight is 378 g/mol. The fraction of sp³-hybridized carbons (Fsp3) is 0.118. The number of carbonyl (C=O) groups is 1. The SMILES string of the molecule is Cc1onc(C(=O)Nc2ccc(Cl)cn2)c1COc1ccc(Cl)cc1. The van der Waals surface area contributed by atoms with Crippen LogP contribution in [-0.4, -0.2) is 16.0 Å². The number of amides is 1. The number of hydrogen-bond donors (Lipinski definition) is 1. The first kappa shape index (κ1) is 17.3. The fourth-order valence-corrected chi connectivity index (χ4v) is 2.29. The summed E-state index contributed by atoms with van der Waals surface area (Å²) in [4.78, 5) is 16.4. The van der Waals surface area contributed by atoms with Crippen molar-refractivity contribution in [2.24, 2.45) is 0 Å². The predicted molar refractivity (Wildman–Crippen MR) is 94.2 cm³/mol.